The molecule has 0 saturated carbocycles. The van der Waals surface area contributed by atoms with Gasteiger partial charge in [-0.25, -0.2) is 4.98 Å². The molecule has 0 radical (unpaired) electrons. The first kappa shape index (κ1) is 19.6. The van der Waals surface area contributed by atoms with Crippen LogP contribution in [0.15, 0.2) is 60.1 Å². The van der Waals surface area contributed by atoms with Crippen molar-refractivity contribution in [3.63, 3.8) is 0 Å². The summed E-state index contributed by atoms with van der Waals surface area (Å²) < 4.78 is 5.30. The zero-order chi connectivity index (χ0) is 20.1. The molecular weight excluding hydrogens is 382 g/mol. The number of carbonyl (C=O) groups is 1. The van der Waals surface area contributed by atoms with E-state index in [1.807, 2.05) is 54.0 Å². The van der Waals surface area contributed by atoms with E-state index < -0.39 is 0 Å². The maximum atomic E-state index is 12.8. The van der Waals surface area contributed by atoms with Crippen molar-refractivity contribution in [3.8, 4) is 16.9 Å². The van der Waals surface area contributed by atoms with Gasteiger partial charge in [-0.2, -0.15) is 0 Å². The minimum atomic E-state index is 0.0155. The van der Waals surface area contributed by atoms with Gasteiger partial charge in [-0.1, -0.05) is 24.3 Å². The average molecular weight is 408 g/mol. The van der Waals surface area contributed by atoms with Gasteiger partial charge in [-0.15, -0.1) is 11.3 Å². The van der Waals surface area contributed by atoms with E-state index in [0.29, 0.717) is 0 Å². The maximum absolute atomic E-state index is 12.8. The van der Waals surface area contributed by atoms with Crippen LogP contribution in [0.1, 0.15) is 17.8 Å². The van der Waals surface area contributed by atoms with Crippen molar-refractivity contribution < 1.29 is 9.53 Å². The summed E-state index contributed by atoms with van der Waals surface area (Å²) in [6, 6.07) is 15.9. The first-order chi connectivity index (χ1) is 14.2. The molecule has 1 aliphatic heterocycles. The summed E-state index contributed by atoms with van der Waals surface area (Å²) in [5.74, 6) is 0.948. The highest BCUT2D eigenvalue weighted by Crippen LogP contribution is 2.26. The number of nitrogens with one attached hydrogen (secondary N) is 1. The van der Waals surface area contributed by atoms with Gasteiger partial charge in [-0.3, -0.25) is 9.69 Å². The Labute approximate surface area is 175 Å². The SMILES string of the molecule is COc1cccc(-c2ccc(NC(=O)[C@@H]3CCCN(Cc4nccs4)C3)cc2)c1. The fraction of sp³-hybridized carbons (Fsp3) is 0.304. The Morgan fingerprint density at radius 3 is 2.86 bits per heavy atom. The quantitative estimate of drug-likeness (QED) is 0.645. The van der Waals surface area contributed by atoms with Crippen LogP contribution in [0.25, 0.3) is 11.1 Å². The molecule has 0 unspecified atom stereocenters. The van der Waals surface area contributed by atoms with E-state index in [1.54, 1.807) is 18.4 Å². The second-order valence-corrected chi connectivity index (χ2v) is 8.28. The highest BCUT2D eigenvalue weighted by Gasteiger charge is 2.26. The molecule has 1 aliphatic rings. The molecule has 0 spiro atoms. The molecule has 2 aromatic carbocycles. The van der Waals surface area contributed by atoms with Gasteiger partial charge >= 0.3 is 0 Å². The summed E-state index contributed by atoms with van der Waals surface area (Å²) in [4.78, 5) is 19.5. The number of aromatic nitrogens is 1. The lowest BCUT2D eigenvalue weighted by Crippen LogP contribution is -2.40. The average Bonchev–Trinajstić information content (AvgIpc) is 3.27. The number of methoxy groups -OCH3 is 1. The van der Waals surface area contributed by atoms with Crippen molar-refractivity contribution >= 4 is 22.9 Å². The standard InChI is InChI=1S/C23H25N3O2S/c1-28-21-6-2-4-18(14-21)17-7-9-20(10-8-17)25-23(27)19-5-3-12-26(15-19)16-22-24-11-13-29-22/h2,4,6-11,13-14,19H,3,5,12,15-16H2,1H3,(H,25,27)/t19-/m1/s1. The van der Waals surface area contributed by atoms with Crippen LogP contribution in [-0.2, 0) is 11.3 Å². The number of nitrogens with zero attached hydrogens (tertiary/aromatic N) is 2. The summed E-state index contributed by atoms with van der Waals surface area (Å²) in [5.41, 5.74) is 3.01. The summed E-state index contributed by atoms with van der Waals surface area (Å²) >= 11 is 1.67. The number of rotatable bonds is 6. The Morgan fingerprint density at radius 1 is 1.24 bits per heavy atom. The van der Waals surface area contributed by atoms with E-state index in [0.717, 1.165) is 60.0 Å². The van der Waals surface area contributed by atoms with Crippen LogP contribution < -0.4 is 10.1 Å². The molecule has 5 nitrogen and oxygen atoms in total. The predicted molar refractivity (Wildman–Crippen MR) is 117 cm³/mol. The maximum Gasteiger partial charge on any atom is 0.228 e. The normalized spacial score (nSPS) is 17.1. The highest BCUT2D eigenvalue weighted by molar-refractivity contribution is 7.09. The zero-order valence-electron chi connectivity index (χ0n) is 16.5. The van der Waals surface area contributed by atoms with Gasteiger partial charge in [0.15, 0.2) is 0 Å². The smallest absolute Gasteiger partial charge is 0.228 e. The summed E-state index contributed by atoms with van der Waals surface area (Å²) in [5, 5.41) is 6.20. The van der Waals surface area contributed by atoms with E-state index in [9.17, 15) is 4.79 Å². The first-order valence-electron chi connectivity index (χ1n) is 9.87. The zero-order valence-corrected chi connectivity index (χ0v) is 17.3. The van der Waals surface area contributed by atoms with Crippen LogP contribution in [-0.4, -0.2) is 36.0 Å². The number of thiazole rings is 1. The third kappa shape index (κ3) is 5.02. The Morgan fingerprint density at radius 2 is 2.10 bits per heavy atom. The van der Waals surface area contributed by atoms with Crippen LogP contribution in [0.4, 0.5) is 5.69 Å². The largest absolute Gasteiger partial charge is 0.497 e. The number of anilines is 1. The van der Waals surface area contributed by atoms with Crippen molar-refractivity contribution in [2.24, 2.45) is 5.92 Å². The number of amides is 1. The molecular formula is C23H25N3O2S. The second-order valence-electron chi connectivity index (χ2n) is 7.30. The molecule has 1 atom stereocenters. The number of likely N-dealkylation sites (tertiary alicyclic amines) is 1. The number of piperidine rings is 1. The molecule has 1 saturated heterocycles. The monoisotopic (exact) mass is 407 g/mol. The Kier molecular flexibility index (Phi) is 6.22. The number of carbonyl (C=O) groups excluding carboxylic acids is 1. The number of hydrogen-bond donors (Lipinski definition) is 1. The molecule has 6 heteroatoms. The van der Waals surface area contributed by atoms with E-state index in [4.69, 9.17) is 4.74 Å². The number of benzene rings is 2. The molecule has 150 valence electrons. The van der Waals surface area contributed by atoms with Gasteiger partial charge in [0.2, 0.25) is 5.91 Å². The van der Waals surface area contributed by atoms with Crippen LogP contribution in [0.3, 0.4) is 0 Å². The van der Waals surface area contributed by atoms with Crippen molar-refractivity contribution in [1.82, 2.24) is 9.88 Å². The van der Waals surface area contributed by atoms with Crippen LogP contribution in [0.5, 0.6) is 5.75 Å². The van der Waals surface area contributed by atoms with Crippen molar-refractivity contribution in [2.45, 2.75) is 19.4 Å². The Balaban J connectivity index is 1.36. The van der Waals surface area contributed by atoms with Crippen molar-refractivity contribution in [2.75, 3.05) is 25.5 Å². The number of ether oxygens (including phenoxy) is 1. The fourth-order valence-electron chi connectivity index (χ4n) is 3.73. The van der Waals surface area contributed by atoms with Crippen molar-refractivity contribution in [1.29, 1.82) is 0 Å². The molecule has 1 fully saturated rings. The highest BCUT2D eigenvalue weighted by atomic mass is 32.1. The van der Waals surface area contributed by atoms with E-state index >= 15 is 0 Å². The van der Waals surface area contributed by atoms with Gasteiger partial charge < -0.3 is 10.1 Å². The minimum Gasteiger partial charge on any atom is -0.497 e. The lowest BCUT2D eigenvalue weighted by atomic mass is 9.97. The third-order valence-corrected chi connectivity index (χ3v) is 6.04. The molecule has 1 aromatic heterocycles. The van der Waals surface area contributed by atoms with Gasteiger partial charge in [0.1, 0.15) is 10.8 Å². The van der Waals surface area contributed by atoms with Crippen LogP contribution in [0, 0.1) is 5.92 Å². The fourth-order valence-corrected chi connectivity index (χ4v) is 4.39. The van der Waals surface area contributed by atoms with E-state index in [-0.39, 0.29) is 11.8 Å². The molecule has 2 heterocycles. The summed E-state index contributed by atoms with van der Waals surface area (Å²) in [6.45, 7) is 2.64. The van der Waals surface area contributed by atoms with Crippen LogP contribution in [0.2, 0.25) is 0 Å². The summed E-state index contributed by atoms with van der Waals surface area (Å²) in [6.07, 6.45) is 3.81. The lowest BCUT2D eigenvalue weighted by Gasteiger charge is -2.31. The molecule has 3 aromatic rings. The van der Waals surface area contributed by atoms with Gasteiger partial charge in [-0.05, 0) is 54.8 Å². The predicted octanol–water partition coefficient (Wildman–Crippen LogP) is 4.67. The Bertz CT molecular complexity index is 941. The van der Waals surface area contributed by atoms with Gasteiger partial charge in [0, 0.05) is 23.8 Å². The lowest BCUT2D eigenvalue weighted by molar-refractivity contribution is -0.121. The van der Waals surface area contributed by atoms with E-state index in [1.165, 1.54) is 0 Å². The van der Waals surface area contributed by atoms with Gasteiger partial charge in [0.25, 0.3) is 0 Å². The van der Waals surface area contributed by atoms with Crippen LogP contribution >= 0.6 is 11.3 Å². The molecule has 0 bridgehead atoms. The first-order valence-corrected chi connectivity index (χ1v) is 10.8. The topological polar surface area (TPSA) is 54.5 Å². The third-order valence-electron chi connectivity index (χ3n) is 5.27. The molecule has 4 rings (SSSR count). The molecule has 1 N–H and O–H groups in total. The molecule has 1 amide bonds. The molecule has 0 aliphatic carbocycles. The number of hydrogen-bond acceptors (Lipinski definition) is 5. The van der Waals surface area contributed by atoms with Gasteiger partial charge in [0.05, 0.1) is 19.6 Å². The van der Waals surface area contributed by atoms with E-state index in [2.05, 4.69) is 21.3 Å². The minimum absolute atomic E-state index is 0.0155. The second kappa shape index (κ2) is 9.20. The molecule has 29 heavy (non-hydrogen) atoms. The van der Waals surface area contributed by atoms with Crippen molar-refractivity contribution in [3.05, 3.63) is 65.1 Å². The summed E-state index contributed by atoms with van der Waals surface area (Å²) in [7, 11) is 1.67. The Hall–Kier alpha value is -2.70.